The number of ether oxygens (including phenoxy) is 1. The average molecular weight is 302 g/mol. The van der Waals surface area contributed by atoms with Crippen LogP contribution in [0.15, 0.2) is 41.3 Å². The zero-order chi connectivity index (χ0) is 15.4. The Bertz CT molecular complexity index is 611. The molecule has 0 bridgehead atoms. The zero-order valence-corrected chi connectivity index (χ0v) is 13.8. The number of benzene rings is 2. The van der Waals surface area contributed by atoms with E-state index in [2.05, 4.69) is 61.9 Å². The predicted molar refractivity (Wildman–Crippen MR) is 89.9 cm³/mol. The monoisotopic (exact) mass is 302 g/mol. The lowest BCUT2D eigenvalue weighted by Crippen LogP contribution is -2.29. The van der Waals surface area contributed by atoms with Crippen LogP contribution in [0.4, 0.5) is 0 Å². The van der Waals surface area contributed by atoms with E-state index in [9.17, 15) is 0 Å². The summed E-state index contributed by atoms with van der Waals surface area (Å²) in [7, 11) is 1.70. The molecule has 3 N–H and O–H groups in total. The van der Waals surface area contributed by atoms with Crippen LogP contribution in [0.5, 0.6) is 5.75 Å². The predicted octanol–water partition coefficient (Wildman–Crippen LogP) is 3.59. The van der Waals surface area contributed by atoms with E-state index in [1.165, 1.54) is 10.5 Å². The summed E-state index contributed by atoms with van der Waals surface area (Å²) in [5.74, 6) is 6.70. The van der Waals surface area contributed by atoms with E-state index in [0.29, 0.717) is 0 Å². The van der Waals surface area contributed by atoms with Crippen molar-refractivity contribution in [1.82, 2.24) is 5.43 Å². The Morgan fingerprint density at radius 2 is 1.76 bits per heavy atom. The minimum absolute atomic E-state index is 0.0878. The van der Waals surface area contributed by atoms with Crippen molar-refractivity contribution in [3.63, 3.8) is 0 Å². The first-order chi connectivity index (χ1) is 10.1. The summed E-state index contributed by atoms with van der Waals surface area (Å²) < 4.78 is 5.61. The number of hydrazine groups is 1. The number of methoxy groups -OCH3 is 1. The Hall–Kier alpha value is -1.49. The third kappa shape index (κ3) is 3.23. The molecule has 0 aromatic heterocycles. The Morgan fingerprint density at radius 3 is 2.29 bits per heavy atom. The normalized spacial score (nSPS) is 12.2. The molecule has 0 aliphatic rings. The fraction of sp³-hybridized carbons (Fsp3) is 0.294. The van der Waals surface area contributed by atoms with Crippen LogP contribution in [0.3, 0.4) is 0 Å². The van der Waals surface area contributed by atoms with Crippen molar-refractivity contribution in [1.29, 1.82) is 0 Å². The molecule has 0 saturated heterocycles. The summed E-state index contributed by atoms with van der Waals surface area (Å²) >= 11 is 1.73. The number of rotatable bonds is 5. The van der Waals surface area contributed by atoms with Gasteiger partial charge in [-0.2, -0.15) is 0 Å². The second-order valence-electron chi connectivity index (χ2n) is 5.00. The summed E-state index contributed by atoms with van der Waals surface area (Å²) in [5.41, 5.74) is 7.45. The van der Waals surface area contributed by atoms with Gasteiger partial charge in [0.15, 0.2) is 0 Å². The Labute approximate surface area is 130 Å². The van der Waals surface area contributed by atoms with Crippen LogP contribution >= 0.6 is 11.8 Å². The molecule has 0 spiro atoms. The van der Waals surface area contributed by atoms with Gasteiger partial charge < -0.3 is 4.74 Å². The molecule has 0 aliphatic heterocycles. The third-order valence-corrected chi connectivity index (χ3v) is 4.58. The van der Waals surface area contributed by atoms with Gasteiger partial charge in [-0.3, -0.25) is 5.84 Å². The van der Waals surface area contributed by atoms with Gasteiger partial charge in [0, 0.05) is 10.5 Å². The highest BCUT2D eigenvalue weighted by atomic mass is 32.2. The molecular weight excluding hydrogens is 280 g/mol. The Morgan fingerprint density at radius 1 is 1.10 bits per heavy atom. The number of thioether (sulfide) groups is 1. The lowest BCUT2D eigenvalue weighted by Gasteiger charge is -2.22. The number of aryl methyl sites for hydroxylation is 1. The van der Waals surface area contributed by atoms with Crippen molar-refractivity contribution in [2.45, 2.75) is 24.8 Å². The van der Waals surface area contributed by atoms with Gasteiger partial charge in [-0.1, -0.05) is 24.3 Å². The van der Waals surface area contributed by atoms with Crippen LogP contribution in [0.25, 0.3) is 0 Å². The third-order valence-electron chi connectivity index (χ3n) is 3.84. The first kappa shape index (κ1) is 15.9. The van der Waals surface area contributed by atoms with Crippen LogP contribution in [0.2, 0.25) is 0 Å². The van der Waals surface area contributed by atoms with Gasteiger partial charge in [-0.05, 0) is 48.9 Å². The molecule has 0 heterocycles. The molecule has 0 fully saturated rings. The topological polar surface area (TPSA) is 47.3 Å². The fourth-order valence-corrected chi connectivity index (χ4v) is 2.88. The van der Waals surface area contributed by atoms with E-state index in [0.717, 1.165) is 22.4 Å². The molecule has 2 aromatic rings. The van der Waals surface area contributed by atoms with Gasteiger partial charge in [0.1, 0.15) is 5.75 Å². The summed E-state index contributed by atoms with van der Waals surface area (Å²) in [6, 6.07) is 12.5. The highest BCUT2D eigenvalue weighted by Crippen LogP contribution is 2.34. The first-order valence-electron chi connectivity index (χ1n) is 6.86. The van der Waals surface area contributed by atoms with Gasteiger partial charge >= 0.3 is 0 Å². The van der Waals surface area contributed by atoms with Crippen molar-refractivity contribution in [3.8, 4) is 5.75 Å². The number of nitrogens with one attached hydrogen (secondary N) is 1. The second-order valence-corrected chi connectivity index (χ2v) is 5.88. The molecule has 0 radical (unpaired) electrons. The lowest BCUT2D eigenvalue weighted by molar-refractivity contribution is 0.400. The minimum Gasteiger partial charge on any atom is -0.496 e. The van der Waals surface area contributed by atoms with E-state index >= 15 is 0 Å². The van der Waals surface area contributed by atoms with E-state index < -0.39 is 0 Å². The van der Waals surface area contributed by atoms with Gasteiger partial charge in [0.05, 0.1) is 13.2 Å². The molecule has 0 saturated carbocycles. The summed E-state index contributed by atoms with van der Waals surface area (Å²) in [4.78, 5) is 1.24. The fourth-order valence-electron chi connectivity index (χ4n) is 2.47. The molecule has 2 rings (SSSR count). The summed E-state index contributed by atoms with van der Waals surface area (Å²) in [5, 5.41) is 0. The van der Waals surface area contributed by atoms with Crippen LogP contribution in [0, 0.1) is 13.8 Å². The number of hydrogen-bond acceptors (Lipinski definition) is 4. The summed E-state index contributed by atoms with van der Waals surface area (Å²) in [6.45, 7) is 4.15. The second kappa shape index (κ2) is 6.98. The zero-order valence-electron chi connectivity index (χ0n) is 12.9. The molecule has 4 heteroatoms. The van der Waals surface area contributed by atoms with Crippen molar-refractivity contribution >= 4 is 11.8 Å². The maximum absolute atomic E-state index is 5.81. The molecule has 21 heavy (non-hydrogen) atoms. The minimum atomic E-state index is -0.0878. The quantitative estimate of drug-likeness (QED) is 0.503. The molecule has 3 nitrogen and oxygen atoms in total. The maximum atomic E-state index is 5.81. The maximum Gasteiger partial charge on any atom is 0.127 e. The van der Waals surface area contributed by atoms with E-state index in [4.69, 9.17) is 10.6 Å². The van der Waals surface area contributed by atoms with Gasteiger partial charge in [0.2, 0.25) is 0 Å². The molecular formula is C17H22N2OS. The van der Waals surface area contributed by atoms with Crippen molar-refractivity contribution in [2.24, 2.45) is 5.84 Å². The van der Waals surface area contributed by atoms with Gasteiger partial charge in [-0.25, -0.2) is 5.43 Å². The molecule has 1 unspecified atom stereocenters. The molecule has 0 amide bonds. The smallest absolute Gasteiger partial charge is 0.127 e. The van der Waals surface area contributed by atoms with Gasteiger partial charge in [-0.15, -0.1) is 11.8 Å². The van der Waals surface area contributed by atoms with E-state index in [-0.39, 0.29) is 6.04 Å². The summed E-state index contributed by atoms with van der Waals surface area (Å²) in [6.07, 6.45) is 2.07. The highest BCUT2D eigenvalue weighted by Gasteiger charge is 2.19. The molecule has 112 valence electrons. The van der Waals surface area contributed by atoms with Crippen LogP contribution in [-0.4, -0.2) is 13.4 Å². The van der Waals surface area contributed by atoms with E-state index in [1.807, 2.05) is 0 Å². The standard InChI is InChI=1S/C17H22N2OS/c1-11-5-10-15(17(20-3)12(11)2)16(19-18)13-6-8-14(21-4)9-7-13/h5-10,16,19H,18H2,1-4H3. The van der Waals surface area contributed by atoms with Crippen molar-refractivity contribution in [3.05, 3.63) is 58.7 Å². The van der Waals surface area contributed by atoms with Crippen molar-refractivity contribution < 1.29 is 4.74 Å². The lowest BCUT2D eigenvalue weighted by atomic mass is 9.94. The van der Waals surface area contributed by atoms with Crippen molar-refractivity contribution in [2.75, 3.05) is 13.4 Å². The van der Waals surface area contributed by atoms with Gasteiger partial charge in [0.25, 0.3) is 0 Å². The van der Waals surface area contributed by atoms with E-state index in [1.54, 1.807) is 18.9 Å². The molecule has 2 aromatic carbocycles. The Balaban J connectivity index is 2.48. The van der Waals surface area contributed by atoms with Crippen LogP contribution < -0.4 is 16.0 Å². The van der Waals surface area contributed by atoms with Crippen LogP contribution in [0.1, 0.15) is 28.3 Å². The SMILES string of the molecule is COc1c(C(NN)c2ccc(SC)cc2)ccc(C)c1C. The molecule has 1 atom stereocenters. The molecule has 0 aliphatic carbocycles. The average Bonchev–Trinajstić information content (AvgIpc) is 2.52. The number of nitrogens with two attached hydrogens (primary N) is 1. The highest BCUT2D eigenvalue weighted by molar-refractivity contribution is 7.98. The Kier molecular flexibility index (Phi) is 5.28. The first-order valence-corrected chi connectivity index (χ1v) is 8.09. The largest absolute Gasteiger partial charge is 0.496 e. The van der Waals surface area contributed by atoms with Crippen LogP contribution in [-0.2, 0) is 0 Å². The number of hydrogen-bond donors (Lipinski definition) is 2.